The van der Waals surface area contributed by atoms with Crippen molar-refractivity contribution in [3.05, 3.63) is 0 Å². The van der Waals surface area contributed by atoms with Crippen molar-refractivity contribution in [3.8, 4) is 0 Å². The molecule has 2 heterocycles. The number of rotatable bonds is 3. The number of carbonyl (C=O) groups is 2. The van der Waals surface area contributed by atoms with Gasteiger partial charge in [0.25, 0.3) is 0 Å². The van der Waals surface area contributed by atoms with E-state index in [9.17, 15) is 9.59 Å². The van der Waals surface area contributed by atoms with Gasteiger partial charge in [0.15, 0.2) is 0 Å². The van der Waals surface area contributed by atoms with E-state index in [0.717, 1.165) is 32.4 Å². The molecule has 2 saturated heterocycles. The Labute approximate surface area is 107 Å². The number of hydrazine groups is 1. The van der Waals surface area contributed by atoms with Crippen molar-refractivity contribution in [2.75, 3.05) is 26.2 Å². The predicted molar refractivity (Wildman–Crippen MR) is 65.9 cm³/mol. The molecule has 0 aromatic rings. The normalized spacial score (nSPS) is 25.1. The zero-order chi connectivity index (χ0) is 13.0. The van der Waals surface area contributed by atoms with Crippen LogP contribution >= 0.6 is 0 Å². The lowest BCUT2D eigenvalue weighted by atomic mass is 10.1. The number of nitrogens with one attached hydrogen (secondary N) is 1. The Morgan fingerprint density at radius 2 is 1.89 bits per heavy atom. The summed E-state index contributed by atoms with van der Waals surface area (Å²) in [5.74, 6) is -0.673. The first kappa shape index (κ1) is 13.1. The van der Waals surface area contributed by atoms with Crippen LogP contribution in [0.2, 0.25) is 0 Å². The molecule has 0 aliphatic carbocycles. The summed E-state index contributed by atoms with van der Waals surface area (Å²) in [6.45, 7) is 3.06. The lowest BCUT2D eigenvalue weighted by Crippen LogP contribution is -2.50. The van der Waals surface area contributed by atoms with Crippen molar-refractivity contribution in [1.82, 2.24) is 15.3 Å². The van der Waals surface area contributed by atoms with Gasteiger partial charge in [0.2, 0.25) is 0 Å². The van der Waals surface area contributed by atoms with Crippen molar-refractivity contribution in [2.24, 2.45) is 5.92 Å². The van der Waals surface area contributed by atoms with Crippen LogP contribution in [0.15, 0.2) is 0 Å². The molecule has 0 aromatic heterocycles. The highest BCUT2D eigenvalue weighted by molar-refractivity contribution is 5.74. The molecule has 0 saturated carbocycles. The molecule has 2 N–H and O–H groups in total. The summed E-state index contributed by atoms with van der Waals surface area (Å²) in [6.07, 6.45) is 4.44. The Morgan fingerprint density at radius 3 is 2.56 bits per heavy atom. The van der Waals surface area contributed by atoms with E-state index in [0.29, 0.717) is 13.1 Å². The maximum atomic E-state index is 12.0. The van der Waals surface area contributed by atoms with Gasteiger partial charge < -0.3 is 10.0 Å². The molecule has 2 fully saturated rings. The van der Waals surface area contributed by atoms with Gasteiger partial charge in [-0.1, -0.05) is 6.42 Å². The van der Waals surface area contributed by atoms with Crippen LogP contribution < -0.4 is 5.43 Å². The number of piperidine rings is 1. The summed E-state index contributed by atoms with van der Waals surface area (Å²) in [6, 6.07) is -0.0789. The third-order valence-corrected chi connectivity index (χ3v) is 3.65. The standard InChI is InChI=1S/C12H21N3O3/c16-11(17)8-10-4-7-14(9-10)12(18)13-15-5-2-1-3-6-15/h10H,1-9H2,(H,13,18)(H,16,17). The Hall–Kier alpha value is -1.30. The molecule has 2 amide bonds. The van der Waals surface area contributed by atoms with Gasteiger partial charge in [0.05, 0.1) is 0 Å². The van der Waals surface area contributed by atoms with Crippen molar-refractivity contribution in [1.29, 1.82) is 0 Å². The maximum Gasteiger partial charge on any atom is 0.331 e. The van der Waals surface area contributed by atoms with E-state index in [1.54, 1.807) is 4.90 Å². The smallest absolute Gasteiger partial charge is 0.331 e. The monoisotopic (exact) mass is 255 g/mol. The van der Waals surface area contributed by atoms with Gasteiger partial charge in [-0.15, -0.1) is 0 Å². The number of carboxylic acids is 1. The van der Waals surface area contributed by atoms with Crippen LogP contribution in [0.3, 0.4) is 0 Å². The summed E-state index contributed by atoms with van der Waals surface area (Å²) >= 11 is 0. The second-order valence-electron chi connectivity index (χ2n) is 5.16. The number of urea groups is 1. The first-order valence-electron chi connectivity index (χ1n) is 6.67. The number of hydrogen-bond acceptors (Lipinski definition) is 3. The number of carboxylic acid groups (broad SMARTS) is 1. The van der Waals surface area contributed by atoms with Gasteiger partial charge in [0, 0.05) is 32.6 Å². The van der Waals surface area contributed by atoms with E-state index >= 15 is 0 Å². The highest BCUT2D eigenvalue weighted by atomic mass is 16.4. The Bertz CT molecular complexity index is 316. The van der Waals surface area contributed by atoms with E-state index in [-0.39, 0.29) is 18.4 Å². The average Bonchev–Trinajstić information content (AvgIpc) is 2.78. The largest absolute Gasteiger partial charge is 0.481 e. The summed E-state index contributed by atoms with van der Waals surface area (Å²) in [4.78, 5) is 24.3. The predicted octanol–water partition coefficient (Wildman–Crippen LogP) is 0.893. The first-order valence-corrected chi connectivity index (χ1v) is 6.67. The van der Waals surface area contributed by atoms with E-state index in [1.807, 2.05) is 5.01 Å². The van der Waals surface area contributed by atoms with Gasteiger partial charge in [-0.3, -0.25) is 10.2 Å². The fourth-order valence-corrected chi connectivity index (χ4v) is 2.64. The van der Waals surface area contributed by atoms with Gasteiger partial charge >= 0.3 is 12.0 Å². The zero-order valence-corrected chi connectivity index (χ0v) is 10.6. The van der Waals surface area contributed by atoms with E-state index in [2.05, 4.69) is 5.43 Å². The molecule has 0 radical (unpaired) electrons. The number of carbonyl (C=O) groups excluding carboxylic acids is 1. The average molecular weight is 255 g/mol. The third-order valence-electron chi connectivity index (χ3n) is 3.65. The van der Waals surface area contributed by atoms with Crippen molar-refractivity contribution >= 4 is 12.0 Å². The summed E-state index contributed by atoms with van der Waals surface area (Å²) in [5.41, 5.74) is 2.91. The second kappa shape index (κ2) is 6.04. The van der Waals surface area contributed by atoms with Crippen LogP contribution in [0.1, 0.15) is 32.1 Å². The molecule has 18 heavy (non-hydrogen) atoms. The first-order chi connectivity index (χ1) is 8.65. The molecule has 102 valence electrons. The Balaban J connectivity index is 1.74. The van der Waals surface area contributed by atoms with E-state index in [1.165, 1.54) is 6.42 Å². The molecule has 0 spiro atoms. The number of aliphatic carboxylic acids is 1. The van der Waals surface area contributed by atoms with Crippen molar-refractivity contribution < 1.29 is 14.7 Å². The van der Waals surface area contributed by atoms with Gasteiger partial charge in [-0.25, -0.2) is 9.80 Å². The number of amides is 2. The molecule has 6 heteroatoms. The molecule has 1 atom stereocenters. The topological polar surface area (TPSA) is 72.9 Å². The number of nitrogens with zero attached hydrogens (tertiary/aromatic N) is 2. The van der Waals surface area contributed by atoms with Gasteiger partial charge in [-0.2, -0.15) is 0 Å². The summed E-state index contributed by atoms with van der Waals surface area (Å²) < 4.78 is 0. The fraction of sp³-hybridized carbons (Fsp3) is 0.833. The molecule has 2 aliphatic heterocycles. The second-order valence-corrected chi connectivity index (χ2v) is 5.16. The Kier molecular flexibility index (Phi) is 4.41. The highest BCUT2D eigenvalue weighted by Gasteiger charge is 2.28. The number of likely N-dealkylation sites (tertiary alicyclic amines) is 1. The molecule has 6 nitrogen and oxygen atoms in total. The maximum absolute atomic E-state index is 12.0. The highest BCUT2D eigenvalue weighted by Crippen LogP contribution is 2.19. The SMILES string of the molecule is O=C(O)CC1CCN(C(=O)NN2CCCCC2)C1. The van der Waals surface area contributed by atoms with Gasteiger partial charge in [-0.05, 0) is 25.2 Å². The van der Waals surface area contributed by atoms with Crippen molar-refractivity contribution in [2.45, 2.75) is 32.1 Å². The van der Waals surface area contributed by atoms with Gasteiger partial charge in [0.1, 0.15) is 0 Å². The molecular weight excluding hydrogens is 234 g/mol. The van der Waals surface area contributed by atoms with Crippen molar-refractivity contribution in [3.63, 3.8) is 0 Å². The zero-order valence-electron chi connectivity index (χ0n) is 10.6. The molecule has 2 aliphatic rings. The molecule has 0 bridgehead atoms. The summed E-state index contributed by atoms with van der Waals surface area (Å²) in [5, 5.41) is 10.7. The fourth-order valence-electron chi connectivity index (χ4n) is 2.64. The third kappa shape index (κ3) is 3.60. The van der Waals surface area contributed by atoms with Crippen LogP contribution in [0, 0.1) is 5.92 Å². The van der Waals surface area contributed by atoms with Crippen LogP contribution in [0.25, 0.3) is 0 Å². The van der Waals surface area contributed by atoms with E-state index in [4.69, 9.17) is 5.11 Å². The lowest BCUT2D eigenvalue weighted by molar-refractivity contribution is -0.138. The lowest BCUT2D eigenvalue weighted by Gasteiger charge is -2.29. The summed E-state index contributed by atoms with van der Waals surface area (Å²) in [7, 11) is 0. The van der Waals surface area contributed by atoms with Crippen LogP contribution in [-0.2, 0) is 4.79 Å². The minimum Gasteiger partial charge on any atom is -0.481 e. The molecule has 2 rings (SSSR count). The van der Waals surface area contributed by atoms with E-state index < -0.39 is 5.97 Å². The van der Waals surface area contributed by atoms with Crippen LogP contribution in [0.5, 0.6) is 0 Å². The molecule has 0 aromatic carbocycles. The minimum absolute atomic E-state index is 0.0789. The molecule has 1 unspecified atom stereocenters. The number of hydrogen-bond donors (Lipinski definition) is 2. The quantitative estimate of drug-likeness (QED) is 0.785. The van der Waals surface area contributed by atoms with Crippen LogP contribution in [0.4, 0.5) is 4.79 Å². The Morgan fingerprint density at radius 1 is 1.17 bits per heavy atom. The molecular formula is C12H21N3O3. The minimum atomic E-state index is -0.779. The van der Waals surface area contributed by atoms with Crippen LogP contribution in [-0.4, -0.2) is 53.2 Å².